The van der Waals surface area contributed by atoms with E-state index in [9.17, 15) is 9.00 Å². The van der Waals surface area contributed by atoms with Crippen molar-refractivity contribution < 1.29 is 13.7 Å². The lowest BCUT2D eigenvalue weighted by molar-refractivity contribution is 0.0364. The van der Waals surface area contributed by atoms with Gasteiger partial charge >= 0.3 is 0 Å². The van der Waals surface area contributed by atoms with Crippen LogP contribution in [0, 0.1) is 0 Å². The second-order valence-corrected chi connectivity index (χ2v) is 16.2. The molecule has 11 nitrogen and oxygen atoms in total. The predicted molar refractivity (Wildman–Crippen MR) is 186 cm³/mol. The van der Waals surface area contributed by atoms with Crippen LogP contribution in [0.25, 0.3) is 22.3 Å². The first-order chi connectivity index (χ1) is 23.0. The SMILES string of the molecule is C[SH](=O)(c1ccc(-c2cc3cnc(Nc4ccc(C5CCCNC5)cc4)nc3n(CCN3CCOCC3)c2=O)nc1)C1CCOCC1. The molecule has 1 atom stereocenters. The zero-order valence-corrected chi connectivity index (χ0v) is 28.0. The Hall–Kier alpha value is -3.55. The van der Waals surface area contributed by atoms with Gasteiger partial charge in [-0.25, -0.2) is 4.98 Å². The standard InChI is InChI=1S/C35H45N7O4S/c1-47(44,29-10-17-45-18-11-29)30-8-9-32(37-24-30)31-21-27-23-38-35(39-28-6-4-25(5-7-28)26-3-2-12-36-22-26)40-33(27)42(34(31)43)14-13-41-15-19-46-20-16-41/h4-9,21,23-24,26,29,36,47H,2-3,10-20,22H2,1H3,(H,38,39,40). The summed E-state index contributed by atoms with van der Waals surface area (Å²) in [5.74, 6) is 0.972. The molecule has 1 aromatic carbocycles. The molecule has 2 N–H and O–H groups in total. The topological polar surface area (TPSA) is 124 Å². The normalized spacial score (nSPS) is 20.3. The van der Waals surface area contributed by atoms with E-state index in [1.807, 2.05) is 24.5 Å². The molecule has 3 fully saturated rings. The zero-order valence-electron chi connectivity index (χ0n) is 27.1. The molecule has 3 aromatic heterocycles. The van der Waals surface area contributed by atoms with Crippen LogP contribution in [0.1, 0.15) is 37.2 Å². The Bertz CT molecular complexity index is 1780. The average Bonchev–Trinajstić information content (AvgIpc) is 3.13. The van der Waals surface area contributed by atoms with Gasteiger partial charge in [0.2, 0.25) is 5.95 Å². The van der Waals surface area contributed by atoms with Crippen LogP contribution in [-0.4, -0.2) is 99.3 Å². The number of piperidine rings is 1. The molecule has 0 aliphatic carbocycles. The van der Waals surface area contributed by atoms with Gasteiger partial charge in [0.05, 0.1) is 24.5 Å². The van der Waals surface area contributed by atoms with Crippen LogP contribution >= 0.6 is 0 Å². The predicted octanol–water partition coefficient (Wildman–Crippen LogP) is 3.58. The number of nitrogens with zero attached hydrogens (tertiary/aromatic N) is 5. The highest BCUT2D eigenvalue weighted by Gasteiger charge is 2.27. The van der Waals surface area contributed by atoms with Gasteiger partial charge in [-0.05, 0) is 80.3 Å². The van der Waals surface area contributed by atoms with Gasteiger partial charge < -0.3 is 20.1 Å². The summed E-state index contributed by atoms with van der Waals surface area (Å²) in [7, 11) is -2.64. The highest BCUT2D eigenvalue weighted by molar-refractivity contribution is 8.03. The van der Waals surface area contributed by atoms with E-state index in [1.54, 1.807) is 17.0 Å². The fourth-order valence-electron chi connectivity index (χ4n) is 6.98. The van der Waals surface area contributed by atoms with Crippen molar-refractivity contribution in [1.82, 2.24) is 29.7 Å². The minimum atomic E-state index is -2.64. The third kappa shape index (κ3) is 7.17. The van der Waals surface area contributed by atoms with Gasteiger partial charge in [0.1, 0.15) is 5.65 Å². The largest absolute Gasteiger partial charge is 0.381 e. The second-order valence-electron chi connectivity index (χ2n) is 13.0. The molecule has 250 valence electrons. The molecular weight excluding hydrogens is 614 g/mol. The number of benzene rings is 1. The van der Waals surface area contributed by atoms with Gasteiger partial charge in [0.25, 0.3) is 5.56 Å². The number of nitrogens with one attached hydrogen (secondary N) is 2. The van der Waals surface area contributed by atoms with Crippen molar-refractivity contribution in [2.24, 2.45) is 0 Å². The van der Waals surface area contributed by atoms with Crippen LogP contribution in [0.15, 0.2) is 64.5 Å². The van der Waals surface area contributed by atoms with Gasteiger partial charge in [0.15, 0.2) is 0 Å². The summed E-state index contributed by atoms with van der Waals surface area (Å²) in [5, 5.41) is 7.68. The van der Waals surface area contributed by atoms with Crippen LogP contribution < -0.4 is 16.2 Å². The molecule has 47 heavy (non-hydrogen) atoms. The molecule has 0 bridgehead atoms. The van der Waals surface area contributed by atoms with Crippen molar-refractivity contribution in [1.29, 1.82) is 0 Å². The number of aromatic nitrogens is 4. The molecule has 6 heterocycles. The summed E-state index contributed by atoms with van der Waals surface area (Å²) in [6.45, 7) is 7.58. The fourth-order valence-corrected chi connectivity index (χ4v) is 9.25. The van der Waals surface area contributed by atoms with Crippen molar-refractivity contribution in [3.05, 3.63) is 70.8 Å². The number of rotatable bonds is 9. The number of ether oxygens (including phenoxy) is 2. The average molecular weight is 660 g/mol. The summed E-state index contributed by atoms with van der Waals surface area (Å²) in [4.78, 5) is 31.4. The Balaban J connectivity index is 1.18. The van der Waals surface area contributed by atoms with Crippen LogP contribution in [0.5, 0.6) is 0 Å². The molecule has 0 saturated carbocycles. The molecule has 12 heteroatoms. The van der Waals surface area contributed by atoms with Crippen molar-refractivity contribution in [2.45, 2.75) is 48.3 Å². The minimum absolute atomic E-state index is 0.0917. The molecule has 0 radical (unpaired) electrons. The number of fused-ring (bicyclic) bond motifs is 1. The van der Waals surface area contributed by atoms with Gasteiger partial charge in [-0.2, -0.15) is 4.98 Å². The summed E-state index contributed by atoms with van der Waals surface area (Å²) in [6.07, 6.45) is 9.27. The van der Waals surface area contributed by atoms with Crippen LogP contribution in [0.3, 0.4) is 0 Å². The van der Waals surface area contributed by atoms with E-state index in [-0.39, 0.29) is 10.8 Å². The zero-order chi connectivity index (χ0) is 32.2. The van der Waals surface area contributed by atoms with E-state index in [1.165, 1.54) is 18.4 Å². The maximum absolute atomic E-state index is 14.2. The van der Waals surface area contributed by atoms with E-state index in [2.05, 4.69) is 49.8 Å². The highest BCUT2D eigenvalue weighted by Crippen LogP contribution is 2.30. The summed E-state index contributed by atoms with van der Waals surface area (Å²) in [5.41, 5.74) is 3.66. The fraction of sp³-hybridized carbons (Fsp3) is 0.486. The van der Waals surface area contributed by atoms with Crippen molar-refractivity contribution in [2.75, 3.05) is 70.7 Å². The summed E-state index contributed by atoms with van der Waals surface area (Å²) in [6, 6.07) is 14.0. The summed E-state index contributed by atoms with van der Waals surface area (Å²) >= 11 is 0. The Labute approximate surface area is 276 Å². The maximum atomic E-state index is 14.2. The van der Waals surface area contributed by atoms with Crippen molar-refractivity contribution in [3.63, 3.8) is 0 Å². The Morgan fingerprint density at radius 3 is 2.47 bits per heavy atom. The number of morpholine rings is 1. The quantitative estimate of drug-likeness (QED) is 0.230. The molecule has 0 spiro atoms. The lowest BCUT2D eigenvalue weighted by atomic mass is 9.92. The molecule has 4 aromatic rings. The van der Waals surface area contributed by atoms with E-state index >= 15 is 0 Å². The second kappa shape index (κ2) is 14.3. The third-order valence-electron chi connectivity index (χ3n) is 9.93. The Kier molecular flexibility index (Phi) is 9.73. The molecule has 7 rings (SSSR count). The van der Waals surface area contributed by atoms with Gasteiger partial charge in [-0.15, -0.1) is 0 Å². The van der Waals surface area contributed by atoms with Crippen LogP contribution in [0.4, 0.5) is 11.6 Å². The van der Waals surface area contributed by atoms with E-state index in [0.29, 0.717) is 68.3 Å². The van der Waals surface area contributed by atoms with Gasteiger partial charge in [-0.3, -0.25) is 23.5 Å². The molecule has 3 saturated heterocycles. The Morgan fingerprint density at radius 2 is 1.74 bits per heavy atom. The lowest BCUT2D eigenvalue weighted by Gasteiger charge is -2.32. The molecular formula is C35H45N7O4S. The first kappa shape index (κ1) is 32.0. The number of hydrogen-bond acceptors (Lipinski definition) is 10. The summed E-state index contributed by atoms with van der Waals surface area (Å²) < 4.78 is 26.6. The maximum Gasteiger partial charge on any atom is 0.261 e. The number of pyridine rings is 2. The number of thiol groups is 1. The minimum Gasteiger partial charge on any atom is -0.381 e. The monoisotopic (exact) mass is 659 g/mol. The van der Waals surface area contributed by atoms with E-state index < -0.39 is 9.93 Å². The smallest absolute Gasteiger partial charge is 0.261 e. The first-order valence-corrected chi connectivity index (χ1v) is 19.1. The van der Waals surface area contributed by atoms with Gasteiger partial charge in [-0.1, -0.05) is 22.1 Å². The number of anilines is 2. The van der Waals surface area contributed by atoms with Crippen molar-refractivity contribution in [3.8, 4) is 11.3 Å². The van der Waals surface area contributed by atoms with Crippen LogP contribution in [-0.2, 0) is 26.0 Å². The highest BCUT2D eigenvalue weighted by atomic mass is 32.2. The number of hydrogen-bond donors (Lipinski definition) is 3. The lowest BCUT2D eigenvalue weighted by Crippen LogP contribution is -2.39. The molecule has 3 aliphatic rings. The first-order valence-electron chi connectivity index (χ1n) is 16.9. The molecule has 3 aliphatic heterocycles. The van der Waals surface area contributed by atoms with Crippen LogP contribution in [0.2, 0.25) is 0 Å². The molecule has 0 amide bonds. The van der Waals surface area contributed by atoms with Crippen molar-refractivity contribution >= 4 is 32.6 Å². The third-order valence-corrected chi connectivity index (χ3v) is 13.1. The van der Waals surface area contributed by atoms with Gasteiger partial charge in [0, 0.05) is 79.6 Å². The van der Waals surface area contributed by atoms with E-state index in [0.717, 1.165) is 55.0 Å². The molecule has 1 unspecified atom stereocenters. The van der Waals surface area contributed by atoms with E-state index in [4.69, 9.17) is 14.5 Å². The Morgan fingerprint density at radius 1 is 0.957 bits per heavy atom.